The van der Waals surface area contributed by atoms with Gasteiger partial charge in [0.2, 0.25) is 5.78 Å². The van der Waals surface area contributed by atoms with E-state index in [9.17, 15) is 14.7 Å². The van der Waals surface area contributed by atoms with E-state index in [0.29, 0.717) is 38.9 Å². The standard InChI is InChI=1S/C16H13Br2NO3/c1-8-2-4-9(5-3-8)15(20)14-12(18)11(17)13-10(16(21)22)6-7-19(13)14/h2-5,10H,6-7H2,1H3,(H,21,22). The fourth-order valence-corrected chi connectivity index (χ4v) is 4.12. The molecular weight excluding hydrogens is 414 g/mol. The van der Waals surface area contributed by atoms with E-state index in [1.807, 2.05) is 23.6 Å². The lowest BCUT2D eigenvalue weighted by Gasteiger charge is -2.06. The lowest BCUT2D eigenvalue weighted by Crippen LogP contribution is -2.10. The number of ketones is 1. The molecule has 0 saturated carbocycles. The minimum absolute atomic E-state index is 0.107. The topological polar surface area (TPSA) is 59.3 Å². The van der Waals surface area contributed by atoms with E-state index in [0.717, 1.165) is 5.56 Å². The molecule has 0 fully saturated rings. The molecule has 1 N–H and O–H groups in total. The highest BCUT2D eigenvalue weighted by Crippen LogP contribution is 2.43. The summed E-state index contributed by atoms with van der Waals surface area (Å²) in [4.78, 5) is 24.2. The number of carbonyl (C=O) groups is 2. The van der Waals surface area contributed by atoms with E-state index in [-0.39, 0.29) is 5.78 Å². The summed E-state index contributed by atoms with van der Waals surface area (Å²) >= 11 is 6.86. The van der Waals surface area contributed by atoms with Crippen LogP contribution in [0.5, 0.6) is 0 Å². The minimum Gasteiger partial charge on any atom is -0.481 e. The Hall–Kier alpha value is -1.40. The molecule has 22 heavy (non-hydrogen) atoms. The molecule has 0 aliphatic carbocycles. The van der Waals surface area contributed by atoms with Crippen molar-refractivity contribution in [2.45, 2.75) is 25.8 Å². The number of carbonyl (C=O) groups excluding carboxylic acids is 1. The summed E-state index contributed by atoms with van der Waals surface area (Å²) in [6.45, 7) is 2.50. The fourth-order valence-electron chi connectivity index (χ4n) is 2.85. The first-order chi connectivity index (χ1) is 10.4. The molecule has 0 amide bonds. The van der Waals surface area contributed by atoms with Gasteiger partial charge >= 0.3 is 5.97 Å². The summed E-state index contributed by atoms with van der Waals surface area (Å²) < 4.78 is 3.10. The molecule has 1 atom stereocenters. The van der Waals surface area contributed by atoms with Gasteiger partial charge in [0.05, 0.1) is 14.9 Å². The lowest BCUT2D eigenvalue weighted by atomic mass is 10.0. The third kappa shape index (κ3) is 2.34. The maximum absolute atomic E-state index is 12.8. The zero-order valence-corrected chi connectivity index (χ0v) is 14.9. The number of fused-ring (bicyclic) bond motifs is 1. The van der Waals surface area contributed by atoms with Gasteiger partial charge in [-0.15, -0.1) is 0 Å². The third-order valence-electron chi connectivity index (χ3n) is 3.98. The van der Waals surface area contributed by atoms with Gasteiger partial charge in [-0.05, 0) is 45.2 Å². The molecular formula is C16H13Br2NO3. The number of halogens is 2. The van der Waals surface area contributed by atoms with Crippen LogP contribution in [-0.4, -0.2) is 21.4 Å². The number of aliphatic carboxylic acids is 1. The van der Waals surface area contributed by atoms with Gasteiger partial charge in [0.25, 0.3) is 0 Å². The second-order valence-corrected chi connectivity index (χ2v) is 6.97. The van der Waals surface area contributed by atoms with E-state index in [4.69, 9.17) is 0 Å². The smallest absolute Gasteiger partial charge is 0.312 e. The molecule has 114 valence electrons. The Morgan fingerprint density at radius 2 is 1.82 bits per heavy atom. The van der Waals surface area contributed by atoms with E-state index >= 15 is 0 Å². The van der Waals surface area contributed by atoms with Crippen molar-refractivity contribution in [3.63, 3.8) is 0 Å². The van der Waals surface area contributed by atoms with Gasteiger partial charge in [-0.2, -0.15) is 0 Å². The fraction of sp³-hybridized carbons (Fsp3) is 0.250. The van der Waals surface area contributed by atoms with Crippen molar-refractivity contribution in [1.82, 2.24) is 4.57 Å². The van der Waals surface area contributed by atoms with Crippen LogP contribution < -0.4 is 0 Å². The molecule has 0 spiro atoms. The van der Waals surface area contributed by atoms with Gasteiger partial charge in [0.15, 0.2) is 0 Å². The molecule has 1 unspecified atom stereocenters. The zero-order chi connectivity index (χ0) is 16.0. The molecule has 1 aliphatic heterocycles. The molecule has 0 radical (unpaired) electrons. The highest BCUT2D eigenvalue weighted by molar-refractivity contribution is 9.13. The number of hydrogen-bond acceptors (Lipinski definition) is 2. The SMILES string of the molecule is Cc1ccc(C(=O)c2c(Br)c(Br)c3n2CCC3C(=O)O)cc1. The number of hydrogen-bond donors (Lipinski definition) is 1. The van der Waals surface area contributed by atoms with E-state index in [1.54, 1.807) is 12.1 Å². The van der Waals surface area contributed by atoms with Crippen LogP contribution in [0.1, 0.15) is 39.6 Å². The van der Waals surface area contributed by atoms with Gasteiger partial charge in [0, 0.05) is 17.8 Å². The van der Waals surface area contributed by atoms with Crippen LogP contribution in [0.4, 0.5) is 0 Å². The number of rotatable bonds is 3. The van der Waals surface area contributed by atoms with Gasteiger partial charge in [-0.25, -0.2) is 0 Å². The van der Waals surface area contributed by atoms with Gasteiger partial charge in [-0.3, -0.25) is 9.59 Å². The summed E-state index contributed by atoms with van der Waals surface area (Å²) in [5.41, 5.74) is 2.85. The van der Waals surface area contributed by atoms with Crippen molar-refractivity contribution in [2.24, 2.45) is 0 Å². The molecule has 1 aromatic carbocycles. The first kappa shape index (κ1) is 15.5. The average Bonchev–Trinajstić information content (AvgIpc) is 3.00. The van der Waals surface area contributed by atoms with Crippen LogP contribution >= 0.6 is 31.9 Å². The molecule has 3 rings (SSSR count). The number of benzene rings is 1. The summed E-state index contributed by atoms with van der Waals surface area (Å²) in [7, 11) is 0. The van der Waals surface area contributed by atoms with Crippen molar-refractivity contribution in [2.75, 3.05) is 0 Å². The average molecular weight is 427 g/mol. The molecule has 1 aliphatic rings. The molecule has 4 nitrogen and oxygen atoms in total. The normalized spacial score (nSPS) is 16.6. The largest absolute Gasteiger partial charge is 0.481 e. The Balaban J connectivity index is 2.11. The van der Waals surface area contributed by atoms with E-state index in [1.165, 1.54) is 0 Å². The van der Waals surface area contributed by atoms with Crippen LogP contribution in [0.3, 0.4) is 0 Å². The summed E-state index contributed by atoms with van der Waals surface area (Å²) in [6, 6.07) is 7.37. The predicted molar refractivity (Wildman–Crippen MR) is 89.4 cm³/mol. The maximum Gasteiger partial charge on any atom is 0.312 e. The van der Waals surface area contributed by atoms with E-state index in [2.05, 4.69) is 31.9 Å². The van der Waals surface area contributed by atoms with Gasteiger partial charge in [0.1, 0.15) is 5.69 Å². The zero-order valence-electron chi connectivity index (χ0n) is 11.8. The van der Waals surface area contributed by atoms with Crippen LogP contribution in [0.25, 0.3) is 0 Å². The molecule has 6 heteroatoms. The Morgan fingerprint density at radius 1 is 1.18 bits per heavy atom. The van der Waals surface area contributed by atoms with Crippen LogP contribution in [-0.2, 0) is 11.3 Å². The van der Waals surface area contributed by atoms with Gasteiger partial charge < -0.3 is 9.67 Å². The highest BCUT2D eigenvalue weighted by Gasteiger charge is 2.37. The first-order valence-electron chi connectivity index (χ1n) is 6.83. The van der Waals surface area contributed by atoms with Crippen molar-refractivity contribution in [3.05, 3.63) is 55.7 Å². The summed E-state index contributed by atoms with van der Waals surface area (Å²) in [6.07, 6.45) is 0.505. The van der Waals surface area contributed by atoms with Crippen LogP contribution in [0.2, 0.25) is 0 Å². The summed E-state index contributed by atoms with van der Waals surface area (Å²) in [5.74, 6) is -1.55. The Morgan fingerprint density at radius 3 is 2.41 bits per heavy atom. The molecule has 1 aromatic heterocycles. The van der Waals surface area contributed by atoms with Crippen molar-refractivity contribution < 1.29 is 14.7 Å². The highest BCUT2D eigenvalue weighted by atomic mass is 79.9. The monoisotopic (exact) mass is 425 g/mol. The van der Waals surface area contributed by atoms with Crippen LogP contribution in [0.15, 0.2) is 33.2 Å². The van der Waals surface area contributed by atoms with E-state index < -0.39 is 11.9 Å². The second kappa shape index (κ2) is 5.66. The first-order valence-corrected chi connectivity index (χ1v) is 8.42. The number of aryl methyl sites for hydroxylation is 1. The van der Waals surface area contributed by atoms with Crippen LogP contribution in [0, 0.1) is 6.92 Å². The Labute approximate surface area is 144 Å². The van der Waals surface area contributed by atoms with Crippen molar-refractivity contribution in [1.29, 1.82) is 0 Å². The molecule has 0 bridgehead atoms. The number of nitrogens with zero attached hydrogens (tertiary/aromatic N) is 1. The quantitative estimate of drug-likeness (QED) is 0.750. The van der Waals surface area contributed by atoms with Crippen molar-refractivity contribution >= 4 is 43.6 Å². The maximum atomic E-state index is 12.8. The number of carboxylic acids is 1. The predicted octanol–water partition coefficient (Wildman–Crippen LogP) is 4.12. The Bertz CT molecular complexity index is 778. The second-order valence-electron chi connectivity index (χ2n) is 5.39. The summed E-state index contributed by atoms with van der Waals surface area (Å²) in [5, 5.41) is 9.34. The number of aromatic nitrogens is 1. The minimum atomic E-state index is -0.862. The third-order valence-corrected chi connectivity index (χ3v) is 6.09. The lowest BCUT2D eigenvalue weighted by molar-refractivity contribution is -0.138. The number of carboxylic acid groups (broad SMARTS) is 1. The van der Waals surface area contributed by atoms with Gasteiger partial charge in [-0.1, -0.05) is 29.8 Å². The molecule has 0 saturated heterocycles. The van der Waals surface area contributed by atoms with Crippen molar-refractivity contribution in [3.8, 4) is 0 Å². The molecule has 2 heterocycles. The Kier molecular flexibility index (Phi) is 3.99. The molecule has 2 aromatic rings.